The van der Waals surface area contributed by atoms with Gasteiger partial charge in [0.05, 0.1) is 6.34 Å². The van der Waals surface area contributed by atoms with Crippen LogP contribution in [0.2, 0.25) is 0 Å². The monoisotopic (exact) mass is 416 g/mol. The minimum absolute atomic E-state index is 0. The van der Waals surface area contributed by atoms with Gasteiger partial charge in [-0.05, 0) is 8.91 Å². The number of halogens is 2. The SMILES string of the molecule is ClI.N=CN.[PbH2]. The van der Waals surface area contributed by atoms with E-state index < -0.39 is 0 Å². The van der Waals surface area contributed by atoms with Gasteiger partial charge in [0.1, 0.15) is 0 Å². The van der Waals surface area contributed by atoms with Crippen molar-refractivity contribution in [1.82, 2.24) is 0 Å². The summed E-state index contributed by atoms with van der Waals surface area (Å²) in [6.07, 6.45) is 0.750. The standard InChI is InChI=1S/CH4N2.ClI.Pb.2H/c2-1-3;1-2;;;/h1H,(H3,2,3);;;;. The zero-order valence-electron chi connectivity index (χ0n) is 3.12. The van der Waals surface area contributed by atoms with Crippen molar-refractivity contribution in [3.63, 3.8) is 0 Å². The van der Waals surface area contributed by atoms with E-state index >= 15 is 0 Å². The van der Waals surface area contributed by atoms with E-state index in [1.807, 2.05) is 0 Å². The summed E-state index contributed by atoms with van der Waals surface area (Å²) in [6.45, 7) is 0. The fraction of sp³-hybridized carbons (Fsp3) is 0. The topological polar surface area (TPSA) is 49.9 Å². The van der Waals surface area contributed by atoms with Crippen LogP contribution in [-0.4, -0.2) is 33.6 Å². The Morgan fingerprint density at radius 3 is 1.67 bits per heavy atom. The molecule has 5 heteroatoms. The van der Waals surface area contributed by atoms with Gasteiger partial charge in [-0.1, -0.05) is 0 Å². The summed E-state index contributed by atoms with van der Waals surface area (Å²) in [5.74, 6) is 0. The van der Waals surface area contributed by atoms with Gasteiger partial charge in [-0.15, -0.1) is 0 Å². The normalized spacial score (nSPS) is 3.00. The molecule has 0 aromatic heterocycles. The van der Waals surface area contributed by atoms with Gasteiger partial charge in [0.2, 0.25) is 0 Å². The van der Waals surface area contributed by atoms with E-state index in [9.17, 15) is 0 Å². The second kappa shape index (κ2) is 32.3. The molecule has 0 saturated heterocycles. The number of nitrogens with one attached hydrogen (secondary N) is 1. The van der Waals surface area contributed by atoms with Gasteiger partial charge in [-0.25, -0.2) is 0 Å². The van der Waals surface area contributed by atoms with Gasteiger partial charge in [0.15, 0.2) is 0 Å². The maximum atomic E-state index is 5.86. The molecule has 0 aliphatic rings. The first kappa shape index (κ1) is 15.7. The van der Waals surface area contributed by atoms with Crippen molar-refractivity contribution < 1.29 is 0 Å². The molecular formula is CH6ClIN2Pb. The summed E-state index contributed by atoms with van der Waals surface area (Å²) in [6, 6.07) is 0. The minimum atomic E-state index is 0. The van der Waals surface area contributed by atoms with Gasteiger partial charge in [0.25, 0.3) is 0 Å². The van der Waals surface area contributed by atoms with Crippen LogP contribution in [0.15, 0.2) is 0 Å². The van der Waals surface area contributed by atoms with E-state index in [0.717, 1.165) is 6.34 Å². The predicted molar refractivity (Wildman–Crippen MR) is 41.4 cm³/mol. The van der Waals surface area contributed by atoms with Crippen molar-refractivity contribution in [1.29, 1.82) is 5.41 Å². The number of nitrogens with two attached hydrogens (primary N) is 1. The summed E-state index contributed by atoms with van der Waals surface area (Å²) in [4.78, 5) is 0. The Kier molecular flexibility index (Phi) is 84.2. The summed E-state index contributed by atoms with van der Waals surface area (Å²) in [5.41, 5.74) is 4.39. The zero-order valence-corrected chi connectivity index (χ0v) is 11.5. The molecule has 0 saturated carbocycles. The van der Waals surface area contributed by atoms with E-state index in [1.165, 1.54) is 0 Å². The molecule has 0 aromatic carbocycles. The molecule has 6 heavy (non-hydrogen) atoms. The van der Waals surface area contributed by atoms with Crippen LogP contribution in [0, 0.1) is 5.41 Å². The van der Waals surface area contributed by atoms with Crippen LogP contribution < -0.4 is 5.73 Å². The van der Waals surface area contributed by atoms with Gasteiger partial charge in [-0.2, -0.15) is 0 Å². The molecular weight excluding hydrogens is 410 g/mol. The summed E-state index contributed by atoms with van der Waals surface area (Å²) < 4.78 is 0. The molecule has 3 N–H and O–H groups in total. The molecule has 0 spiro atoms. The van der Waals surface area contributed by atoms with Crippen LogP contribution in [0.25, 0.3) is 0 Å². The Labute approximate surface area is 74.3 Å². The first-order valence-electron chi connectivity index (χ1n) is 0.765. The van der Waals surface area contributed by atoms with E-state index in [2.05, 4.69) is 14.6 Å². The van der Waals surface area contributed by atoms with Crippen LogP contribution in [-0.2, 0) is 0 Å². The van der Waals surface area contributed by atoms with Crippen molar-refractivity contribution in [2.45, 2.75) is 0 Å². The summed E-state index contributed by atoms with van der Waals surface area (Å²) in [7, 11) is 4.61. The van der Waals surface area contributed by atoms with Gasteiger partial charge >= 0.3 is 27.3 Å². The fourth-order valence-corrected chi connectivity index (χ4v) is 0. The van der Waals surface area contributed by atoms with Crippen molar-refractivity contribution in [2.24, 2.45) is 5.73 Å². The van der Waals surface area contributed by atoms with E-state index in [0.29, 0.717) is 0 Å². The van der Waals surface area contributed by atoms with Crippen molar-refractivity contribution >= 4 is 64.0 Å². The van der Waals surface area contributed by atoms with Gasteiger partial charge < -0.3 is 5.73 Å². The third-order valence-electron chi connectivity index (χ3n) is 0. The Morgan fingerprint density at radius 2 is 1.67 bits per heavy atom. The van der Waals surface area contributed by atoms with Crippen LogP contribution >= 0.6 is 30.4 Å². The Morgan fingerprint density at radius 1 is 1.67 bits per heavy atom. The molecule has 0 aromatic rings. The Balaban J connectivity index is -0.0000000275. The molecule has 38 valence electrons. The maximum absolute atomic E-state index is 5.86. The van der Waals surface area contributed by atoms with Gasteiger partial charge in [-0.3, -0.25) is 5.41 Å². The third kappa shape index (κ3) is 52.8. The van der Waals surface area contributed by atoms with E-state index in [1.54, 1.807) is 21.5 Å². The molecule has 2 nitrogen and oxygen atoms in total. The average molecular weight is 416 g/mol. The molecule has 0 aliphatic heterocycles. The summed E-state index contributed by atoms with van der Waals surface area (Å²) in [5, 5.41) is 5.86. The molecule has 0 amide bonds. The van der Waals surface area contributed by atoms with Crippen molar-refractivity contribution in [2.75, 3.05) is 0 Å². The zero-order chi connectivity index (χ0) is 4.71. The number of rotatable bonds is 0. The molecule has 0 heterocycles. The van der Waals surface area contributed by atoms with Crippen molar-refractivity contribution in [3.8, 4) is 0 Å². The molecule has 0 rings (SSSR count). The van der Waals surface area contributed by atoms with Gasteiger partial charge in [0, 0.05) is 21.5 Å². The van der Waals surface area contributed by atoms with Crippen LogP contribution in [0.1, 0.15) is 0 Å². The first-order chi connectivity index (χ1) is 2.41. The fourth-order valence-electron chi connectivity index (χ4n) is 0. The van der Waals surface area contributed by atoms with Crippen molar-refractivity contribution in [3.05, 3.63) is 0 Å². The van der Waals surface area contributed by atoms with E-state index in [-0.39, 0.29) is 27.3 Å². The first-order valence-corrected chi connectivity index (χ1v) is 3.50. The molecule has 2 radical (unpaired) electrons. The third-order valence-corrected chi connectivity index (χ3v) is 0. The van der Waals surface area contributed by atoms with Crippen LogP contribution in [0.4, 0.5) is 0 Å². The number of hydrogen-bond acceptors (Lipinski definition) is 1. The second-order valence-corrected chi connectivity index (χ2v) is 0.167. The average Bonchev–Trinajstić information content (AvgIpc) is 1.46. The molecule has 0 fully saturated rings. The number of hydrogen-bond donors (Lipinski definition) is 2. The van der Waals surface area contributed by atoms with Crippen LogP contribution in [0.3, 0.4) is 0 Å². The predicted octanol–water partition coefficient (Wildman–Crippen LogP) is 0.211. The molecule has 0 atom stereocenters. The quantitative estimate of drug-likeness (QED) is 0.253. The second-order valence-electron chi connectivity index (χ2n) is 0.167. The Hall–Kier alpha value is 1.41. The molecule has 0 unspecified atom stereocenters. The Bertz CT molecular complexity index is 21.0. The molecule has 0 bridgehead atoms. The van der Waals surface area contributed by atoms with Crippen LogP contribution in [0.5, 0.6) is 0 Å². The summed E-state index contributed by atoms with van der Waals surface area (Å²) >= 11 is 1.62. The van der Waals surface area contributed by atoms with E-state index in [4.69, 9.17) is 5.41 Å². The molecule has 0 aliphatic carbocycles.